The van der Waals surface area contributed by atoms with Gasteiger partial charge in [0.05, 0.1) is 25.0 Å². The second-order valence-electron chi connectivity index (χ2n) is 4.75. The van der Waals surface area contributed by atoms with Gasteiger partial charge in [-0.3, -0.25) is 9.78 Å². The molecule has 0 bridgehead atoms. The van der Waals surface area contributed by atoms with Crippen LogP contribution in [0.5, 0.6) is 11.5 Å². The molecule has 0 saturated heterocycles. The second kappa shape index (κ2) is 5.33. The molecule has 1 aliphatic rings. The molecular weight excluding hydrogens is 254 g/mol. The van der Waals surface area contributed by atoms with Crippen LogP contribution < -0.4 is 9.47 Å². The maximum absolute atomic E-state index is 12.5. The number of carbonyl (C=O) groups is 1. The van der Waals surface area contributed by atoms with E-state index >= 15 is 0 Å². The Hall–Kier alpha value is -2.36. The lowest BCUT2D eigenvalue weighted by molar-refractivity contribution is 0.103. The van der Waals surface area contributed by atoms with Crippen molar-refractivity contribution in [2.75, 3.05) is 7.11 Å². The van der Waals surface area contributed by atoms with E-state index in [4.69, 9.17) is 9.47 Å². The van der Waals surface area contributed by atoms with Gasteiger partial charge in [-0.15, -0.1) is 0 Å². The molecule has 1 aliphatic carbocycles. The monoisotopic (exact) mass is 269 g/mol. The molecule has 1 heterocycles. The van der Waals surface area contributed by atoms with Crippen LogP contribution in [-0.2, 0) is 0 Å². The van der Waals surface area contributed by atoms with Crippen LogP contribution in [0.25, 0.3) is 0 Å². The van der Waals surface area contributed by atoms with Crippen LogP contribution in [0.1, 0.15) is 28.8 Å². The van der Waals surface area contributed by atoms with Crippen molar-refractivity contribution < 1.29 is 14.3 Å². The third kappa shape index (κ3) is 2.64. The summed E-state index contributed by atoms with van der Waals surface area (Å²) >= 11 is 0. The Morgan fingerprint density at radius 2 is 2.15 bits per heavy atom. The van der Waals surface area contributed by atoms with Gasteiger partial charge in [0.25, 0.3) is 0 Å². The molecule has 0 spiro atoms. The number of rotatable bonds is 5. The molecule has 4 heteroatoms. The van der Waals surface area contributed by atoms with Gasteiger partial charge in [-0.1, -0.05) is 12.1 Å². The first-order chi connectivity index (χ1) is 9.78. The van der Waals surface area contributed by atoms with Crippen LogP contribution in [-0.4, -0.2) is 24.0 Å². The zero-order valence-electron chi connectivity index (χ0n) is 11.2. The summed E-state index contributed by atoms with van der Waals surface area (Å²) in [6, 6.07) is 8.93. The van der Waals surface area contributed by atoms with Crippen molar-refractivity contribution in [2.45, 2.75) is 18.9 Å². The Kier molecular flexibility index (Phi) is 3.37. The normalized spacial score (nSPS) is 13.8. The number of nitrogens with zero attached hydrogens (tertiary/aromatic N) is 1. The highest BCUT2D eigenvalue weighted by Gasteiger charge is 2.24. The summed E-state index contributed by atoms with van der Waals surface area (Å²) in [5.41, 5.74) is 1.10. The van der Waals surface area contributed by atoms with Crippen molar-refractivity contribution in [1.29, 1.82) is 0 Å². The third-order valence-electron chi connectivity index (χ3n) is 3.17. The molecule has 0 unspecified atom stereocenters. The van der Waals surface area contributed by atoms with E-state index in [1.165, 1.54) is 13.3 Å². The summed E-state index contributed by atoms with van der Waals surface area (Å²) in [5.74, 6) is 1.13. The maximum Gasteiger partial charge on any atom is 0.197 e. The first-order valence-electron chi connectivity index (χ1n) is 6.57. The number of hydrogen-bond donors (Lipinski definition) is 0. The van der Waals surface area contributed by atoms with Crippen molar-refractivity contribution in [3.8, 4) is 11.5 Å². The predicted octanol–water partition coefficient (Wildman–Crippen LogP) is 2.86. The van der Waals surface area contributed by atoms with Crippen LogP contribution in [0.4, 0.5) is 0 Å². The molecule has 4 nitrogen and oxygen atoms in total. The second-order valence-corrected chi connectivity index (χ2v) is 4.75. The molecule has 0 amide bonds. The summed E-state index contributed by atoms with van der Waals surface area (Å²) < 4.78 is 10.9. The van der Waals surface area contributed by atoms with E-state index < -0.39 is 0 Å². The molecule has 1 fully saturated rings. The average molecular weight is 269 g/mol. The number of carbonyl (C=O) groups excluding carboxylic acids is 1. The minimum absolute atomic E-state index is 0.0921. The van der Waals surface area contributed by atoms with Gasteiger partial charge >= 0.3 is 0 Å². The summed E-state index contributed by atoms with van der Waals surface area (Å²) in [7, 11) is 1.53. The highest BCUT2D eigenvalue weighted by atomic mass is 16.5. The molecule has 1 saturated carbocycles. The smallest absolute Gasteiger partial charge is 0.197 e. The van der Waals surface area contributed by atoms with Crippen LogP contribution >= 0.6 is 0 Å². The molecule has 1 aromatic heterocycles. The third-order valence-corrected chi connectivity index (χ3v) is 3.17. The van der Waals surface area contributed by atoms with Crippen LogP contribution in [0.15, 0.2) is 42.7 Å². The molecule has 2 aromatic rings. The van der Waals surface area contributed by atoms with Gasteiger partial charge in [0.15, 0.2) is 5.78 Å². The van der Waals surface area contributed by atoms with E-state index in [2.05, 4.69) is 4.98 Å². The van der Waals surface area contributed by atoms with Crippen LogP contribution in [0.3, 0.4) is 0 Å². The molecular formula is C16H15NO3. The molecule has 0 radical (unpaired) electrons. The van der Waals surface area contributed by atoms with Crippen LogP contribution in [0.2, 0.25) is 0 Å². The number of aromatic nitrogens is 1. The van der Waals surface area contributed by atoms with Gasteiger partial charge in [0, 0.05) is 11.8 Å². The summed E-state index contributed by atoms with van der Waals surface area (Å²) in [4.78, 5) is 16.5. The molecule has 0 atom stereocenters. The van der Waals surface area contributed by atoms with E-state index in [1.54, 1.807) is 24.4 Å². The Morgan fingerprint density at radius 1 is 1.30 bits per heavy atom. The first-order valence-corrected chi connectivity index (χ1v) is 6.57. The number of ketones is 1. The number of hydrogen-bond acceptors (Lipinski definition) is 4. The fourth-order valence-electron chi connectivity index (χ4n) is 1.97. The SMILES string of the molecule is COc1cnccc1C(=O)c1cccc(OC2CC2)c1. The molecule has 0 N–H and O–H groups in total. The first kappa shape index (κ1) is 12.7. The van der Waals surface area contributed by atoms with Gasteiger partial charge in [0.2, 0.25) is 0 Å². The van der Waals surface area contributed by atoms with Crippen molar-refractivity contribution >= 4 is 5.78 Å². The highest BCUT2D eigenvalue weighted by Crippen LogP contribution is 2.28. The van der Waals surface area contributed by atoms with E-state index in [0.29, 0.717) is 23.0 Å². The fourth-order valence-corrected chi connectivity index (χ4v) is 1.97. The topological polar surface area (TPSA) is 48.4 Å². The lowest BCUT2D eigenvalue weighted by atomic mass is 10.0. The van der Waals surface area contributed by atoms with Crippen molar-refractivity contribution in [2.24, 2.45) is 0 Å². The van der Waals surface area contributed by atoms with Gasteiger partial charge < -0.3 is 9.47 Å². The molecule has 102 valence electrons. The Bertz CT molecular complexity index is 635. The zero-order chi connectivity index (χ0) is 13.9. The van der Waals surface area contributed by atoms with E-state index in [-0.39, 0.29) is 5.78 Å². The maximum atomic E-state index is 12.5. The number of pyridine rings is 1. The Balaban J connectivity index is 1.89. The van der Waals surface area contributed by atoms with Crippen molar-refractivity contribution in [1.82, 2.24) is 4.98 Å². The van der Waals surface area contributed by atoms with E-state index in [9.17, 15) is 4.79 Å². The quantitative estimate of drug-likeness (QED) is 0.783. The lowest BCUT2D eigenvalue weighted by Gasteiger charge is -2.08. The molecule has 20 heavy (non-hydrogen) atoms. The molecule has 3 rings (SSSR count). The standard InChI is InChI=1S/C16H15NO3/c1-19-15-10-17-8-7-14(15)16(18)11-3-2-4-13(9-11)20-12-5-6-12/h2-4,7-10,12H,5-6H2,1H3. The minimum atomic E-state index is -0.0921. The Morgan fingerprint density at radius 3 is 2.90 bits per heavy atom. The lowest BCUT2D eigenvalue weighted by Crippen LogP contribution is -2.05. The summed E-state index contributed by atoms with van der Waals surface area (Å²) in [6.45, 7) is 0. The van der Waals surface area contributed by atoms with Gasteiger partial charge in [-0.2, -0.15) is 0 Å². The number of methoxy groups -OCH3 is 1. The summed E-state index contributed by atoms with van der Waals surface area (Å²) in [6.07, 6.45) is 5.63. The minimum Gasteiger partial charge on any atom is -0.494 e. The predicted molar refractivity (Wildman–Crippen MR) is 74.3 cm³/mol. The van der Waals surface area contributed by atoms with Gasteiger partial charge in [-0.05, 0) is 31.0 Å². The highest BCUT2D eigenvalue weighted by molar-refractivity contribution is 6.10. The van der Waals surface area contributed by atoms with Crippen molar-refractivity contribution in [3.63, 3.8) is 0 Å². The van der Waals surface area contributed by atoms with Crippen LogP contribution in [0, 0.1) is 0 Å². The fraction of sp³-hybridized carbons (Fsp3) is 0.250. The average Bonchev–Trinajstić information content (AvgIpc) is 3.30. The Labute approximate surface area is 117 Å². The largest absolute Gasteiger partial charge is 0.494 e. The van der Waals surface area contributed by atoms with Gasteiger partial charge in [0.1, 0.15) is 11.5 Å². The number of benzene rings is 1. The molecule has 0 aliphatic heterocycles. The van der Waals surface area contributed by atoms with Crippen molar-refractivity contribution in [3.05, 3.63) is 53.9 Å². The van der Waals surface area contributed by atoms with E-state index in [0.717, 1.165) is 18.6 Å². The van der Waals surface area contributed by atoms with Gasteiger partial charge in [-0.25, -0.2) is 0 Å². The van der Waals surface area contributed by atoms with E-state index in [1.807, 2.05) is 12.1 Å². The summed E-state index contributed by atoms with van der Waals surface area (Å²) in [5, 5.41) is 0. The number of ether oxygens (including phenoxy) is 2. The zero-order valence-corrected chi connectivity index (χ0v) is 11.2. The molecule has 1 aromatic carbocycles.